The van der Waals surface area contributed by atoms with E-state index in [1.54, 1.807) is 0 Å². The van der Waals surface area contributed by atoms with E-state index in [0.717, 1.165) is 24.3 Å². The molecule has 0 atom stereocenters. The van der Waals surface area contributed by atoms with Crippen LogP contribution in [-0.4, -0.2) is 65.7 Å². The van der Waals surface area contributed by atoms with E-state index < -0.39 is 21.6 Å². The van der Waals surface area contributed by atoms with Gasteiger partial charge in [-0.1, -0.05) is 12.1 Å². The number of nitrogens with two attached hydrogens (primary N) is 1. The van der Waals surface area contributed by atoms with Gasteiger partial charge in [0.2, 0.25) is 15.7 Å². The first-order chi connectivity index (χ1) is 8.93. The van der Waals surface area contributed by atoms with Crippen molar-refractivity contribution in [1.29, 1.82) is 0 Å². The number of halogens is 1. The van der Waals surface area contributed by atoms with E-state index in [1.807, 2.05) is 0 Å². The molecule has 20 heavy (non-hydrogen) atoms. The Kier molecular flexibility index (Phi) is 6.05. The maximum atomic E-state index is 12.8. The van der Waals surface area contributed by atoms with Crippen LogP contribution in [-0.2, 0) is 9.84 Å². The van der Waals surface area contributed by atoms with Gasteiger partial charge in [0, 0.05) is 51.4 Å². The molecule has 0 heterocycles. The Hall–Kier alpha value is -0.574. The summed E-state index contributed by atoms with van der Waals surface area (Å²) in [4.78, 5) is 11.0. The van der Waals surface area contributed by atoms with Crippen LogP contribution in [0.15, 0.2) is 58.3 Å². The summed E-state index contributed by atoms with van der Waals surface area (Å²) in [5.74, 6) is -1.37. The number of sulfone groups is 1. The van der Waals surface area contributed by atoms with Crippen molar-refractivity contribution in [2.24, 2.45) is 5.73 Å². The number of rotatable bonds is 3. The van der Waals surface area contributed by atoms with E-state index in [2.05, 4.69) is 0 Å². The zero-order valence-corrected chi connectivity index (χ0v) is 14.6. The number of hydrogen-bond acceptors (Lipinski definition) is 3. The van der Waals surface area contributed by atoms with Crippen LogP contribution in [0.4, 0.5) is 4.39 Å². The molecule has 0 aliphatic rings. The molecule has 2 aromatic rings. The topological polar surface area (TPSA) is 77.2 Å². The molecule has 2 N–H and O–H groups in total. The quantitative estimate of drug-likeness (QED) is 0.686. The molecule has 0 aliphatic heterocycles. The molecule has 0 fully saturated rings. The number of primary amides is 1. The molecular formula is C13H10FKNO3S. The first-order valence-electron chi connectivity index (χ1n) is 5.32. The van der Waals surface area contributed by atoms with Gasteiger partial charge in [-0.05, 0) is 36.4 Å². The van der Waals surface area contributed by atoms with Crippen LogP contribution in [0.5, 0.6) is 0 Å². The third-order valence-electron chi connectivity index (χ3n) is 2.57. The van der Waals surface area contributed by atoms with Crippen molar-refractivity contribution in [2.45, 2.75) is 9.79 Å². The molecule has 0 saturated carbocycles. The van der Waals surface area contributed by atoms with Crippen LogP contribution in [0.25, 0.3) is 0 Å². The van der Waals surface area contributed by atoms with Crippen LogP contribution in [0, 0.1) is 5.82 Å². The molecule has 99 valence electrons. The minimum atomic E-state index is -3.90. The minimum absolute atomic E-state index is 0. The van der Waals surface area contributed by atoms with Crippen molar-refractivity contribution in [3.8, 4) is 0 Å². The van der Waals surface area contributed by atoms with Crippen LogP contribution < -0.4 is 5.73 Å². The van der Waals surface area contributed by atoms with Gasteiger partial charge in [-0.15, -0.1) is 0 Å². The van der Waals surface area contributed by atoms with E-state index in [-0.39, 0.29) is 66.7 Å². The molecule has 2 aromatic carbocycles. The molecule has 2 rings (SSSR count). The van der Waals surface area contributed by atoms with E-state index in [0.29, 0.717) is 0 Å². The molecule has 0 aliphatic carbocycles. The van der Waals surface area contributed by atoms with Crippen molar-refractivity contribution in [2.75, 3.05) is 0 Å². The fraction of sp³-hybridized carbons (Fsp3) is 0. The number of amides is 1. The van der Waals surface area contributed by atoms with Crippen LogP contribution in [0.1, 0.15) is 10.4 Å². The second-order valence-electron chi connectivity index (χ2n) is 3.82. The molecular weight excluding hydrogens is 308 g/mol. The first-order valence-corrected chi connectivity index (χ1v) is 6.81. The summed E-state index contributed by atoms with van der Waals surface area (Å²) in [6.07, 6.45) is 0. The largest absolute Gasteiger partial charge is 0.366 e. The van der Waals surface area contributed by atoms with Gasteiger partial charge >= 0.3 is 0 Å². The summed E-state index contributed by atoms with van der Waals surface area (Å²) < 4.78 is 37.5. The van der Waals surface area contributed by atoms with Gasteiger partial charge in [0.25, 0.3) is 0 Å². The first kappa shape index (κ1) is 17.5. The zero-order valence-electron chi connectivity index (χ0n) is 10.7. The Balaban J connectivity index is 0.00000200. The number of hydrogen-bond donors (Lipinski definition) is 1. The number of carbonyl (C=O) groups is 1. The summed E-state index contributed by atoms with van der Waals surface area (Å²) in [6, 6.07) is 9.99. The molecule has 0 spiro atoms. The van der Waals surface area contributed by atoms with E-state index in [1.165, 1.54) is 24.3 Å². The van der Waals surface area contributed by atoms with Crippen LogP contribution >= 0.6 is 0 Å². The minimum Gasteiger partial charge on any atom is -0.366 e. The van der Waals surface area contributed by atoms with Crippen molar-refractivity contribution in [3.63, 3.8) is 0 Å². The maximum Gasteiger partial charge on any atom is 0.250 e. The fourth-order valence-electron chi connectivity index (χ4n) is 1.65. The van der Waals surface area contributed by atoms with Gasteiger partial charge in [0.1, 0.15) is 5.82 Å². The monoisotopic (exact) mass is 318 g/mol. The Labute approximate surface area is 158 Å². The summed E-state index contributed by atoms with van der Waals surface area (Å²) >= 11 is 0. The summed E-state index contributed by atoms with van der Waals surface area (Å²) in [5, 5.41) is 0. The predicted octanol–water partition coefficient (Wildman–Crippen LogP) is 1.38. The van der Waals surface area contributed by atoms with E-state index in [9.17, 15) is 17.6 Å². The smallest absolute Gasteiger partial charge is 0.250 e. The average molecular weight is 318 g/mol. The van der Waals surface area contributed by atoms with Gasteiger partial charge in [-0.3, -0.25) is 4.79 Å². The van der Waals surface area contributed by atoms with Gasteiger partial charge in [0.05, 0.1) is 15.4 Å². The Morgan fingerprint density at radius 1 is 1.00 bits per heavy atom. The Morgan fingerprint density at radius 3 is 2.10 bits per heavy atom. The van der Waals surface area contributed by atoms with Crippen molar-refractivity contribution in [3.05, 3.63) is 59.9 Å². The molecule has 0 unspecified atom stereocenters. The fourth-order valence-corrected chi connectivity index (χ4v) is 3.11. The normalized spacial score (nSPS) is 10.7. The predicted molar refractivity (Wildman–Crippen MR) is 72.6 cm³/mol. The zero-order chi connectivity index (χ0) is 14.0. The average Bonchev–Trinajstić information content (AvgIpc) is 2.39. The Morgan fingerprint density at radius 2 is 1.55 bits per heavy atom. The van der Waals surface area contributed by atoms with Gasteiger partial charge in [-0.2, -0.15) is 0 Å². The van der Waals surface area contributed by atoms with Gasteiger partial charge in [-0.25, -0.2) is 12.8 Å². The number of carbonyl (C=O) groups excluding carboxylic acids is 1. The van der Waals surface area contributed by atoms with Crippen LogP contribution in [0.3, 0.4) is 0 Å². The standard InChI is InChI=1S/C13H10FNO3S.K/c14-9-5-7-10(8-6-9)19(17,18)12-4-2-1-3-11(12)13(15)16;/h1-8H,(H2,15,16);. The SMILES string of the molecule is NC(=O)c1ccccc1S(=O)(=O)c1ccc(F)cc1.[K]. The second kappa shape index (κ2) is 6.92. The van der Waals surface area contributed by atoms with Crippen molar-refractivity contribution in [1.82, 2.24) is 0 Å². The molecule has 4 nitrogen and oxygen atoms in total. The molecule has 1 radical (unpaired) electrons. The summed E-state index contributed by atoms with van der Waals surface area (Å²) in [5.41, 5.74) is 5.06. The molecule has 7 heteroatoms. The molecule has 0 aromatic heterocycles. The Bertz CT molecular complexity index is 730. The summed E-state index contributed by atoms with van der Waals surface area (Å²) in [6.45, 7) is 0. The van der Waals surface area contributed by atoms with Crippen molar-refractivity contribution < 1.29 is 17.6 Å². The molecule has 0 bridgehead atoms. The van der Waals surface area contributed by atoms with E-state index >= 15 is 0 Å². The van der Waals surface area contributed by atoms with E-state index in [4.69, 9.17) is 5.73 Å². The third kappa shape index (κ3) is 3.54. The second-order valence-corrected chi connectivity index (χ2v) is 5.74. The number of benzene rings is 2. The van der Waals surface area contributed by atoms with Crippen LogP contribution in [0.2, 0.25) is 0 Å². The van der Waals surface area contributed by atoms with Gasteiger partial charge in [0.15, 0.2) is 0 Å². The maximum absolute atomic E-state index is 12.8. The summed E-state index contributed by atoms with van der Waals surface area (Å²) in [7, 11) is -3.90. The third-order valence-corrected chi connectivity index (χ3v) is 4.39. The molecule has 0 saturated heterocycles. The van der Waals surface area contributed by atoms with Crippen molar-refractivity contribution >= 4 is 67.1 Å². The molecule has 1 amide bonds. The van der Waals surface area contributed by atoms with Gasteiger partial charge < -0.3 is 5.73 Å².